The van der Waals surface area contributed by atoms with Crippen molar-refractivity contribution in [3.8, 4) is 5.75 Å². The summed E-state index contributed by atoms with van der Waals surface area (Å²) >= 11 is 0. The molecular formula is C17H26N2O2. The minimum atomic E-state index is -0.0428. The highest BCUT2D eigenvalue weighted by atomic mass is 16.5. The van der Waals surface area contributed by atoms with Crippen LogP contribution in [0.15, 0.2) is 18.2 Å². The van der Waals surface area contributed by atoms with Crippen molar-refractivity contribution in [2.75, 3.05) is 18.1 Å². The molecule has 4 heteroatoms. The Morgan fingerprint density at radius 3 is 2.76 bits per heavy atom. The molecule has 0 radical (unpaired) electrons. The lowest BCUT2D eigenvalue weighted by Crippen LogP contribution is -2.39. The molecule has 0 aromatic heterocycles. The predicted molar refractivity (Wildman–Crippen MR) is 85.7 cm³/mol. The molecule has 1 aromatic carbocycles. The summed E-state index contributed by atoms with van der Waals surface area (Å²) in [5.74, 6) is 0.826. The Balaban J connectivity index is 2.07. The van der Waals surface area contributed by atoms with E-state index in [9.17, 15) is 4.79 Å². The highest BCUT2D eigenvalue weighted by molar-refractivity contribution is 5.97. The van der Waals surface area contributed by atoms with E-state index in [0.29, 0.717) is 0 Å². The second-order valence-corrected chi connectivity index (χ2v) is 5.76. The molecule has 2 N–H and O–H groups in total. The number of ether oxygens (including phenoxy) is 1. The Morgan fingerprint density at radius 1 is 1.29 bits per heavy atom. The molecule has 21 heavy (non-hydrogen) atoms. The van der Waals surface area contributed by atoms with E-state index in [4.69, 9.17) is 10.5 Å². The van der Waals surface area contributed by atoms with E-state index in [1.165, 1.54) is 25.7 Å². The van der Waals surface area contributed by atoms with Crippen molar-refractivity contribution in [1.82, 2.24) is 0 Å². The fourth-order valence-corrected chi connectivity index (χ4v) is 2.62. The molecule has 1 aromatic rings. The first kappa shape index (κ1) is 15.8. The van der Waals surface area contributed by atoms with Crippen molar-refractivity contribution >= 4 is 11.6 Å². The van der Waals surface area contributed by atoms with Crippen LogP contribution in [0.3, 0.4) is 0 Å². The second-order valence-electron chi connectivity index (χ2n) is 5.76. The number of benzene rings is 1. The molecule has 0 fully saturated rings. The van der Waals surface area contributed by atoms with Gasteiger partial charge in [0.15, 0.2) is 6.61 Å². The van der Waals surface area contributed by atoms with Gasteiger partial charge in [-0.1, -0.05) is 38.7 Å². The van der Waals surface area contributed by atoms with Gasteiger partial charge in [0.25, 0.3) is 5.91 Å². The van der Waals surface area contributed by atoms with Gasteiger partial charge in [-0.2, -0.15) is 0 Å². The van der Waals surface area contributed by atoms with Gasteiger partial charge in [0, 0.05) is 12.6 Å². The Bertz CT molecular complexity index is 486. The van der Waals surface area contributed by atoms with Crippen LogP contribution in [-0.2, 0) is 4.79 Å². The third-order valence-corrected chi connectivity index (χ3v) is 3.94. The maximum Gasteiger partial charge on any atom is 0.265 e. The van der Waals surface area contributed by atoms with Crippen LogP contribution in [0, 0.1) is 0 Å². The van der Waals surface area contributed by atoms with Gasteiger partial charge in [-0.25, -0.2) is 0 Å². The molecule has 0 bridgehead atoms. The van der Waals surface area contributed by atoms with Crippen molar-refractivity contribution in [3.63, 3.8) is 0 Å². The van der Waals surface area contributed by atoms with Gasteiger partial charge >= 0.3 is 0 Å². The normalized spacial score (nSPS) is 15.6. The average Bonchev–Trinajstić information content (AvgIpc) is 2.48. The van der Waals surface area contributed by atoms with Crippen LogP contribution in [0.4, 0.5) is 5.69 Å². The summed E-state index contributed by atoms with van der Waals surface area (Å²) in [4.78, 5) is 14.0. The van der Waals surface area contributed by atoms with Crippen LogP contribution >= 0.6 is 0 Å². The molecule has 2 rings (SSSR count). The minimum Gasteiger partial charge on any atom is -0.482 e. The molecule has 1 amide bonds. The first-order valence-corrected chi connectivity index (χ1v) is 7.96. The fourth-order valence-electron chi connectivity index (χ4n) is 2.62. The lowest BCUT2D eigenvalue weighted by molar-refractivity contribution is -0.121. The molecule has 0 spiro atoms. The Morgan fingerprint density at radius 2 is 2.05 bits per heavy atom. The van der Waals surface area contributed by atoms with Gasteiger partial charge in [-0.05, 0) is 31.0 Å². The third-order valence-electron chi connectivity index (χ3n) is 3.94. The number of amides is 1. The molecule has 0 saturated carbocycles. The van der Waals surface area contributed by atoms with Crippen LogP contribution in [-0.4, -0.2) is 19.1 Å². The summed E-state index contributed by atoms with van der Waals surface area (Å²) in [6, 6.07) is 5.84. The lowest BCUT2D eigenvalue weighted by atomic mass is 10.1. The van der Waals surface area contributed by atoms with Gasteiger partial charge < -0.3 is 15.4 Å². The Kier molecular flexibility index (Phi) is 5.62. The molecule has 1 aliphatic rings. The van der Waals surface area contributed by atoms with E-state index in [1.807, 2.05) is 30.0 Å². The maximum absolute atomic E-state index is 12.1. The number of carbonyl (C=O) groups excluding carboxylic acids is 1. The zero-order valence-electron chi connectivity index (χ0n) is 13.1. The number of hydrogen-bond acceptors (Lipinski definition) is 3. The summed E-state index contributed by atoms with van der Waals surface area (Å²) in [7, 11) is 0. The smallest absolute Gasteiger partial charge is 0.265 e. The molecule has 1 aliphatic heterocycles. The number of anilines is 1. The van der Waals surface area contributed by atoms with Gasteiger partial charge in [-0.3, -0.25) is 4.79 Å². The summed E-state index contributed by atoms with van der Waals surface area (Å²) in [6.07, 6.45) is 5.94. The van der Waals surface area contributed by atoms with E-state index < -0.39 is 0 Å². The maximum atomic E-state index is 12.1. The zero-order valence-corrected chi connectivity index (χ0v) is 13.1. The lowest BCUT2D eigenvalue weighted by Gasteiger charge is -2.30. The summed E-state index contributed by atoms with van der Waals surface area (Å²) < 4.78 is 5.51. The van der Waals surface area contributed by atoms with Crippen molar-refractivity contribution in [3.05, 3.63) is 23.8 Å². The number of unbranched alkanes of at least 4 members (excludes halogenated alkanes) is 4. The largest absolute Gasteiger partial charge is 0.482 e. The topological polar surface area (TPSA) is 55.6 Å². The zero-order chi connectivity index (χ0) is 15.2. The van der Waals surface area contributed by atoms with Crippen LogP contribution in [0.2, 0.25) is 0 Å². The number of hydrogen-bond donors (Lipinski definition) is 1. The minimum absolute atomic E-state index is 0.0415. The molecule has 1 unspecified atom stereocenters. The third kappa shape index (κ3) is 3.97. The van der Waals surface area contributed by atoms with E-state index in [-0.39, 0.29) is 18.6 Å². The van der Waals surface area contributed by atoms with Gasteiger partial charge in [0.1, 0.15) is 5.75 Å². The van der Waals surface area contributed by atoms with E-state index in [0.717, 1.165) is 30.0 Å². The fraction of sp³-hybridized carbons (Fsp3) is 0.588. The van der Waals surface area contributed by atoms with E-state index in [1.54, 1.807) is 0 Å². The van der Waals surface area contributed by atoms with Gasteiger partial charge in [0.2, 0.25) is 0 Å². The quantitative estimate of drug-likeness (QED) is 0.783. The first-order chi connectivity index (χ1) is 10.1. The van der Waals surface area contributed by atoms with Gasteiger partial charge in [-0.15, -0.1) is 0 Å². The molecule has 1 atom stereocenters. The van der Waals surface area contributed by atoms with Crippen molar-refractivity contribution in [2.24, 2.45) is 5.73 Å². The molecule has 1 heterocycles. The van der Waals surface area contributed by atoms with Crippen LogP contribution in [0.5, 0.6) is 5.75 Å². The molecule has 116 valence electrons. The van der Waals surface area contributed by atoms with Crippen molar-refractivity contribution < 1.29 is 9.53 Å². The van der Waals surface area contributed by atoms with Crippen LogP contribution in [0.25, 0.3) is 0 Å². The van der Waals surface area contributed by atoms with Crippen LogP contribution < -0.4 is 15.4 Å². The monoisotopic (exact) mass is 290 g/mol. The predicted octanol–water partition coefficient (Wildman–Crippen LogP) is 3.40. The molecular weight excluding hydrogens is 264 g/mol. The number of nitrogens with zero attached hydrogens (tertiary/aromatic N) is 1. The molecule has 4 nitrogen and oxygen atoms in total. The van der Waals surface area contributed by atoms with Gasteiger partial charge in [0.05, 0.1) is 5.69 Å². The number of carbonyl (C=O) groups is 1. The Labute approximate surface area is 127 Å². The number of nitrogens with two attached hydrogens (primary N) is 1. The standard InChI is InChI=1S/C17H26N2O2/c1-3-4-5-6-7-10-19-15-11-14(13(2)18)8-9-16(15)21-12-17(19)20/h8-9,11,13H,3-7,10,12,18H2,1-2H3. The molecule has 0 saturated heterocycles. The summed E-state index contributed by atoms with van der Waals surface area (Å²) in [5, 5.41) is 0. The number of rotatable bonds is 7. The summed E-state index contributed by atoms with van der Waals surface area (Å²) in [6.45, 7) is 5.06. The van der Waals surface area contributed by atoms with E-state index >= 15 is 0 Å². The Hall–Kier alpha value is -1.55. The number of fused-ring (bicyclic) bond motifs is 1. The van der Waals surface area contributed by atoms with Crippen LogP contribution in [0.1, 0.15) is 57.6 Å². The molecule has 0 aliphatic carbocycles. The van der Waals surface area contributed by atoms with Crippen molar-refractivity contribution in [2.45, 2.75) is 52.0 Å². The average molecular weight is 290 g/mol. The first-order valence-electron chi connectivity index (χ1n) is 7.96. The highest BCUT2D eigenvalue weighted by Crippen LogP contribution is 2.34. The SMILES string of the molecule is CCCCCCCN1C(=O)COc2ccc(C(C)N)cc21. The highest BCUT2D eigenvalue weighted by Gasteiger charge is 2.25. The van der Waals surface area contributed by atoms with E-state index in [2.05, 4.69) is 6.92 Å². The van der Waals surface area contributed by atoms with Crippen molar-refractivity contribution in [1.29, 1.82) is 0 Å². The second kappa shape index (κ2) is 7.46. The summed E-state index contributed by atoms with van der Waals surface area (Å²) in [5.41, 5.74) is 7.84.